The molecule has 1 aromatic rings. The normalized spacial score (nSPS) is 45.3. The Labute approximate surface area is 204 Å². The van der Waals surface area contributed by atoms with Crippen LogP contribution in [0.4, 0.5) is 0 Å². The number of aromatic amines is 1. The lowest BCUT2D eigenvalue weighted by molar-refractivity contribution is -0.162. The summed E-state index contributed by atoms with van der Waals surface area (Å²) in [4.78, 5) is 0. The lowest BCUT2D eigenvalue weighted by Crippen LogP contribution is -2.59. The predicted octanol–water partition coefficient (Wildman–Crippen LogP) is 4.86. The minimum atomic E-state index is -4.48. The Hall–Kier alpha value is -1.06. The Morgan fingerprint density at radius 2 is 1.85 bits per heavy atom. The van der Waals surface area contributed by atoms with Gasteiger partial charge in [0.1, 0.15) is 0 Å². The lowest BCUT2D eigenvalue weighted by Gasteiger charge is -2.63. The number of tetrazole rings is 1. The van der Waals surface area contributed by atoms with Gasteiger partial charge in [-0.2, -0.15) is 13.6 Å². The van der Waals surface area contributed by atoms with E-state index in [9.17, 15) is 13.0 Å². The van der Waals surface area contributed by atoms with Crippen LogP contribution in [0.3, 0.4) is 0 Å². The molecule has 9 heteroatoms. The second kappa shape index (κ2) is 8.80. The molecular weight excluding hydrogens is 452 g/mol. The third-order valence-corrected chi connectivity index (χ3v) is 11.6. The SMILES string of the molecule is C[C@@H]1CC[C@@]2(C)[C@@H](C1)C[C@@H](OS(=O)(=O)O)[C@@H]1[C@@H]2CC[C@]2(C)[C@@H]([C@H](C)CCc3nn[nH]n3)CC[C@@H]12. The third kappa shape index (κ3) is 4.23. The Bertz CT molecular complexity index is 972. The van der Waals surface area contributed by atoms with Gasteiger partial charge in [0, 0.05) is 6.42 Å². The molecule has 10 atom stereocenters. The van der Waals surface area contributed by atoms with Crippen LogP contribution in [0.25, 0.3) is 0 Å². The van der Waals surface area contributed by atoms with Crippen molar-refractivity contribution in [1.82, 2.24) is 20.6 Å². The first kappa shape index (κ1) is 24.6. The summed E-state index contributed by atoms with van der Waals surface area (Å²) in [5.41, 5.74) is 0.420. The molecule has 0 unspecified atom stereocenters. The van der Waals surface area contributed by atoms with Gasteiger partial charge >= 0.3 is 10.4 Å². The summed E-state index contributed by atoms with van der Waals surface area (Å²) in [6, 6.07) is 0. The first-order valence-corrected chi connectivity index (χ1v) is 14.8. The second-order valence-electron chi connectivity index (χ2n) is 12.7. The molecule has 2 N–H and O–H groups in total. The molecule has 1 aromatic heterocycles. The molecule has 34 heavy (non-hydrogen) atoms. The van der Waals surface area contributed by atoms with Gasteiger partial charge in [0.2, 0.25) is 0 Å². The zero-order valence-corrected chi connectivity index (χ0v) is 21.9. The summed E-state index contributed by atoms with van der Waals surface area (Å²) in [7, 11) is -4.48. The number of fused-ring (bicyclic) bond motifs is 5. The summed E-state index contributed by atoms with van der Waals surface area (Å²) < 4.78 is 39.1. The number of aryl methyl sites for hydroxylation is 1. The van der Waals surface area contributed by atoms with Crippen LogP contribution in [-0.4, -0.2) is 39.7 Å². The van der Waals surface area contributed by atoms with Gasteiger partial charge in [-0.15, -0.1) is 10.2 Å². The maximum absolute atomic E-state index is 11.9. The molecule has 0 spiro atoms. The van der Waals surface area contributed by atoms with E-state index in [1.165, 1.54) is 25.7 Å². The molecule has 192 valence electrons. The number of nitrogens with zero attached hydrogens (tertiary/aromatic N) is 3. The average molecular weight is 495 g/mol. The molecule has 0 aliphatic heterocycles. The summed E-state index contributed by atoms with van der Waals surface area (Å²) in [6.45, 7) is 9.61. The topological polar surface area (TPSA) is 118 Å². The van der Waals surface area contributed by atoms with Gasteiger partial charge in [0.25, 0.3) is 0 Å². The summed E-state index contributed by atoms with van der Waals surface area (Å²) >= 11 is 0. The largest absolute Gasteiger partial charge is 0.397 e. The van der Waals surface area contributed by atoms with Crippen molar-refractivity contribution in [2.75, 3.05) is 0 Å². The molecule has 0 amide bonds. The quantitative estimate of drug-likeness (QED) is 0.542. The van der Waals surface area contributed by atoms with Gasteiger partial charge in [0.15, 0.2) is 5.82 Å². The number of hydrogen-bond acceptors (Lipinski definition) is 6. The fourth-order valence-corrected chi connectivity index (χ4v) is 10.0. The zero-order valence-electron chi connectivity index (χ0n) is 21.1. The highest BCUT2D eigenvalue weighted by Gasteiger charge is 2.63. The van der Waals surface area contributed by atoms with Crippen LogP contribution in [0.1, 0.15) is 91.3 Å². The molecule has 8 nitrogen and oxygen atoms in total. The minimum Gasteiger partial charge on any atom is -0.264 e. The van der Waals surface area contributed by atoms with Crippen LogP contribution >= 0.6 is 0 Å². The van der Waals surface area contributed by atoms with Gasteiger partial charge in [-0.1, -0.05) is 39.3 Å². The minimum absolute atomic E-state index is 0.170. The van der Waals surface area contributed by atoms with E-state index in [1.807, 2.05) is 0 Å². The first-order valence-electron chi connectivity index (χ1n) is 13.4. The monoisotopic (exact) mass is 494 g/mol. The van der Waals surface area contributed by atoms with E-state index in [1.54, 1.807) is 0 Å². The van der Waals surface area contributed by atoms with Gasteiger partial charge in [-0.05, 0) is 104 Å². The molecule has 0 saturated heterocycles. The Kier molecular flexibility index (Phi) is 6.37. The number of nitrogens with one attached hydrogen (secondary N) is 1. The van der Waals surface area contributed by atoms with Crippen LogP contribution in [0.5, 0.6) is 0 Å². The smallest absolute Gasteiger partial charge is 0.264 e. The third-order valence-electron chi connectivity index (χ3n) is 11.1. The molecule has 1 heterocycles. The molecule has 0 bridgehead atoms. The van der Waals surface area contributed by atoms with Crippen molar-refractivity contribution in [3.63, 3.8) is 0 Å². The molecule has 0 radical (unpaired) electrons. The summed E-state index contributed by atoms with van der Waals surface area (Å²) in [5, 5.41) is 14.5. The van der Waals surface area contributed by atoms with Crippen LogP contribution in [0.15, 0.2) is 0 Å². The van der Waals surface area contributed by atoms with Crippen LogP contribution in [0, 0.1) is 52.3 Å². The van der Waals surface area contributed by atoms with Gasteiger partial charge in [-0.25, -0.2) is 4.18 Å². The van der Waals surface area contributed by atoms with Crippen molar-refractivity contribution in [2.45, 2.75) is 98.0 Å². The van der Waals surface area contributed by atoms with E-state index in [-0.39, 0.29) is 16.7 Å². The van der Waals surface area contributed by atoms with Crippen LogP contribution in [0.2, 0.25) is 0 Å². The van der Waals surface area contributed by atoms with Crippen LogP contribution in [-0.2, 0) is 21.0 Å². The molecular formula is C25H42N4O4S. The molecule has 4 fully saturated rings. The fraction of sp³-hybridized carbons (Fsp3) is 0.960. The van der Waals surface area contributed by atoms with E-state index in [0.717, 1.165) is 44.3 Å². The van der Waals surface area contributed by atoms with E-state index < -0.39 is 16.5 Å². The molecule has 4 saturated carbocycles. The Morgan fingerprint density at radius 1 is 1.12 bits per heavy atom. The highest BCUT2D eigenvalue weighted by atomic mass is 32.3. The number of rotatable bonds is 6. The second-order valence-corrected chi connectivity index (χ2v) is 13.8. The number of H-pyrrole nitrogens is 1. The molecule has 4 aliphatic carbocycles. The van der Waals surface area contributed by atoms with Crippen molar-refractivity contribution < 1.29 is 17.2 Å². The van der Waals surface area contributed by atoms with Gasteiger partial charge < -0.3 is 0 Å². The average Bonchev–Trinajstić information content (AvgIpc) is 3.39. The molecule has 0 aromatic carbocycles. The molecule has 4 aliphatic rings. The summed E-state index contributed by atoms with van der Waals surface area (Å²) in [6.07, 6.45) is 10.5. The van der Waals surface area contributed by atoms with Crippen molar-refractivity contribution in [2.24, 2.45) is 52.3 Å². The van der Waals surface area contributed by atoms with E-state index in [2.05, 4.69) is 48.3 Å². The van der Waals surface area contributed by atoms with Crippen molar-refractivity contribution in [3.8, 4) is 0 Å². The number of aromatic nitrogens is 4. The van der Waals surface area contributed by atoms with E-state index in [4.69, 9.17) is 4.18 Å². The first-order chi connectivity index (χ1) is 16.0. The van der Waals surface area contributed by atoms with Gasteiger partial charge in [-0.3, -0.25) is 4.55 Å². The van der Waals surface area contributed by atoms with Gasteiger partial charge in [0.05, 0.1) is 6.10 Å². The van der Waals surface area contributed by atoms with Crippen LogP contribution < -0.4 is 0 Å². The maximum atomic E-state index is 11.9. The highest BCUT2D eigenvalue weighted by molar-refractivity contribution is 7.80. The van der Waals surface area contributed by atoms with Crippen molar-refractivity contribution in [3.05, 3.63) is 5.82 Å². The van der Waals surface area contributed by atoms with E-state index >= 15 is 0 Å². The fourth-order valence-electron chi connectivity index (χ4n) is 9.49. The maximum Gasteiger partial charge on any atom is 0.397 e. The standard InChI is InChI=1S/C25H42N4O4S/c1-15-9-11-24(3)17(13-15)14-21(33-34(30,31)32)23-19-7-6-18(25(19,4)12-10-20(23)24)16(2)5-8-22-26-28-29-27-22/h15-21,23H,5-14H2,1-4H3,(H,30,31,32)(H,26,27,28,29)/t15-,16-,17+,18-,19+,20+,21-,23+,24+,25-/m1/s1. The molecule has 5 rings (SSSR count). The Morgan fingerprint density at radius 3 is 2.56 bits per heavy atom. The van der Waals surface area contributed by atoms with E-state index in [0.29, 0.717) is 35.5 Å². The highest BCUT2D eigenvalue weighted by Crippen LogP contribution is 2.69. The van der Waals surface area contributed by atoms with Crippen molar-refractivity contribution >= 4 is 10.4 Å². The summed E-state index contributed by atoms with van der Waals surface area (Å²) in [5.74, 6) is 4.15. The number of hydrogen-bond donors (Lipinski definition) is 2. The lowest BCUT2D eigenvalue weighted by atomic mass is 9.43. The predicted molar refractivity (Wildman–Crippen MR) is 128 cm³/mol. The zero-order chi connectivity index (χ0) is 24.3. The Balaban J connectivity index is 1.41. The van der Waals surface area contributed by atoms with Crippen molar-refractivity contribution in [1.29, 1.82) is 0 Å².